The summed E-state index contributed by atoms with van der Waals surface area (Å²) in [6.07, 6.45) is 20.3. The molecule has 0 fully saturated rings. The summed E-state index contributed by atoms with van der Waals surface area (Å²) < 4.78 is 43.7. The Morgan fingerprint density at radius 3 is 0.955 bits per heavy atom. The molecule has 0 N–H and O–H groups in total. The van der Waals surface area contributed by atoms with Crippen molar-refractivity contribution in [3.63, 3.8) is 0 Å². The van der Waals surface area contributed by atoms with E-state index < -0.39 is 11.9 Å². The number of allylic oxidation sites excluding steroid dienone is 2. The molecule has 0 saturated carbocycles. The van der Waals surface area contributed by atoms with Crippen LogP contribution in [-0.4, -0.2) is 64.5 Å². The Labute approximate surface area is 395 Å². The summed E-state index contributed by atoms with van der Waals surface area (Å²) in [5.74, 6) is 2.14. The zero-order valence-corrected chi connectivity index (χ0v) is 39.1. The Morgan fingerprint density at radius 1 is 0.343 bits per heavy atom. The number of esters is 4. The van der Waals surface area contributed by atoms with Crippen LogP contribution in [0.5, 0.6) is 34.5 Å². The lowest BCUT2D eigenvalue weighted by atomic mass is 10.1. The summed E-state index contributed by atoms with van der Waals surface area (Å²) in [6, 6.07) is 27.6. The molecule has 0 spiro atoms. The van der Waals surface area contributed by atoms with E-state index in [2.05, 4.69) is 0 Å². The molecule has 0 amide bonds. The summed E-state index contributed by atoms with van der Waals surface area (Å²) in [5, 5.41) is 0. The largest absolute Gasteiger partial charge is 0.497 e. The van der Waals surface area contributed by atoms with Crippen LogP contribution in [0, 0.1) is 0 Å². The van der Waals surface area contributed by atoms with Gasteiger partial charge in [-0.1, -0.05) is 89.2 Å². The summed E-state index contributed by atoms with van der Waals surface area (Å²) >= 11 is 0. The molecule has 1 aliphatic rings. The van der Waals surface area contributed by atoms with Gasteiger partial charge in [0.15, 0.2) is 0 Å². The highest BCUT2D eigenvalue weighted by Gasteiger charge is 2.22. The zero-order chi connectivity index (χ0) is 47.3. The average molecular weight is 919 g/mol. The normalized spacial score (nSPS) is 11.8. The lowest BCUT2D eigenvalue weighted by Crippen LogP contribution is -2.12. The number of carbonyl (C=O) groups is 4. The van der Waals surface area contributed by atoms with Gasteiger partial charge in [0.2, 0.25) is 0 Å². The monoisotopic (exact) mass is 918 g/mol. The summed E-state index contributed by atoms with van der Waals surface area (Å²) in [4.78, 5) is 50.0. The lowest BCUT2D eigenvalue weighted by Gasteiger charge is -2.09. The highest BCUT2D eigenvalue weighted by atomic mass is 16.5. The first-order valence-electron chi connectivity index (χ1n) is 23.7. The van der Waals surface area contributed by atoms with E-state index in [1.165, 1.54) is 0 Å². The van der Waals surface area contributed by atoms with Gasteiger partial charge in [0.05, 0.1) is 51.8 Å². The van der Waals surface area contributed by atoms with E-state index >= 15 is 0 Å². The molecular weight excluding hydrogens is 853 g/mol. The molecule has 0 radical (unpaired) electrons. The SMILES string of the molecule is COc1ccc(OC(=O)c2ccc(OCCCCCCCCCCOC(=O)C3=CC=C(C(=O)OCCCCCCCCCCOc4ccc(C(=O)Oc5ccc(OC)cc5)cc4)C3)cc2)cc1. The van der Waals surface area contributed by atoms with Crippen LogP contribution in [0.2, 0.25) is 0 Å². The number of unbranched alkanes of at least 4 members (excludes halogenated alkanes) is 14. The van der Waals surface area contributed by atoms with Gasteiger partial charge in [-0.05, 0) is 123 Å². The molecule has 0 aromatic heterocycles. The number of carbonyl (C=O) groups excluding carboxylic acids is 4. The van der Waals surface area contributed by atoms with E-state index in [-0.39, 0.29) is 18.4 Å². The van der Waals surface area contributed by atoms with Gasteiger partial charge < -0.3 is 37.9 Å². The fourth-order valence-corrected chi connectivity index (χ4v) is 7.22. The molecule has 4 aromatic carbocycles. The second-order valence-electron chi connectivity index (χ2n) is 16.4. The van der Waals surface area contributed by atoms with Crippen molar-refractivity contribution in [1.82, 2.24) is 0 Å². The quantitative estimate of drug-likeness (QED) is 0.0261. The fraction of sp³-hybridized carbons (Fsp3) is 0.418. The number of methoxy groups -OCH3 is 2. The molecule has 0 atom stereocenters. The van der Waals surface area contributed by atoms with Gasteiger partial charge in [0.25, 0.3) is 0 Å². The minimum absolute atomic E-state index is 0.247. The molecule has 0 bridgehead atoms. The maximum Gasteiger partial charge on any atom is 0.343 e. The Morgan fingerprint density at radius 2 is 0.627 bits per heavy atom. The molecule has 0 aliphatic heterocycles. The van der Waals surface area contributed by atoms with Crippen molar-refractivity contribution in [2.24, 2.45) is 0 Å². The minimum Gasteiger partial charge on any atom is -0.497 e. The molecule has 358 valence electrons. The van der Waals surface area contributed by atoms with Crippen molar-refractivity contribution >= 4 is 23.9 Å². The van der Waals surface area contributed by atoms with Crippen LogP contribution in [0.25, 0.3) is 0 Å². The topological polar surface area (TPSA) is 142 Å². The van der Waals surface area contributed by atoms with Crippen molar-refractivity contribution in [2.45, 2.75) is 109 Å². The second kappa shape index (κ2) is 29.9. The number of ether oxygens (including phenoxy) is 8. The first-order valence-corrected chi connectivity index (χ1v) is 23.7. The van der Waals surface area contributed by atoms with Crippen molar-refractivity contribution in [2.75, 3.05) is 40.6 Å². The van der Waals surface area contributed by atoms with E-state index in [0.717, 1.165) is 114 Å². The Kier molecular flexibility index (Phi) is 22.9. The number of hydrogen-bond donors (Lipinski definition) is 0. The third-order valence-corrected chi connectivity index (χ3v) is 11.2. The van der Waals surface area contributed by atoms with Crippen molar-refractivity contribution in [3.05, 3.63) is 131 Å². The van der Waals surface area contributed by atoms with Crippen molar-refractivity contribution in [3.8, 4) is 34.5 Å². The molecule has 12 heteroatoms. The van der Waals surface area contributed by atoms with E-state index in [9.17, 15) is 19.2 Å². The zero-order valence-electron chi connectivity index (χ0n) is 39.1. The first kappa shape index (κ1) is 51.4. The second-order valence-corrected chi connectivity index (χ2v) is 16.4. The predicted octanol–water partition coefficient (Wildman–Crippen LogP) is 12.2. The number of benzene rings is 4. The van der Waals surface area contributed by atoms with Gasteiger partial charge in [-0.25, -0.2) is 19.2 Å². The van der Waals surface area contributed by atoms with E-state index in [4.69, 9.17) is 37.9 Å². The highest BCUT2D eigenvalue weighted by molar-refractivity contribution is 5.97. The average Bonchev–Trinajstić information content (AvgIpc) is 3.86. The van der Waals surface area contributed by atoms with Gasteiger partial charge in [0, 0.05) is 17.6 Å². The van der Waals surface area contributed by atoms with Gasteiger partial charge in [0.1, 0.15) is 34.5 Å². The van der Waals surface area contributed by atoms with Crippen LogP contribution in [-0.2, 0) is 19.1 Å². The molecule has 4 aromatic rings. The summed E-state index contributed by atoms with van der Waals surface area (Å²) in [7, 11) is 3.17. The minimum atomic E-state index is -0.430. The van der Waals surface area contributed by atoms with Crippen LogP contribution in [0.15, 0.2) is 120 Å². The number of hydrogen-bond acceptors (Lipinski definition) is 12. The van der Waals surface area contributed by atoms with Gasteiger partial charge in [-0.3, -0.25) is 0 Å². The molecule has 12 nitrogen and oxygen atoms in total. The number of rotatable bonds is 32. The summed E-state index contributed by atoms with van der Waals surface area (Å²) in [5.41, 5.74) is 1.88. The van der Waals surface area contributed by atoms with Crippen LogP contribution in [0.4, 0.5) is 0 Å². The highest BCUT2D eigenvalue weighted by Crippen LogP contribution is 2.24. The molecule has 5 rings (SSSR count). The van der Waals surface area contributed by atoms with Crippen LogP contribution < -0.4 is 28.4 Å². The van der Waals surface area contributed by atoms with Gasteiger partial charge >= 0.3 is 23.9 Å². The molecule has 67 heavy (non-hydrogen) atoms. The summed E-state index contributed by atoms with van der Waals surface area (Å²) in [6.45, 7) is 1.98. The van der Waals surface area contributed by atoms with Gasteiger partial charge in [-0.15, -0.1) is 0 Å². The molecule has 0 unspecified atom stereocenters. The molecule has 1 aliphatic carbocycles. The van der Waals surface area contributed by atoms with E-state index in [0.29, 0.717) is 71.7 Å². The first-order chi connectivity index (χ1) is 32.8. The molecule has 0 saturated heterocycles. The van der Waals surface area contributed by atoms with E-state index in [1.54, 1.807) is 123 Å². The van der Waals surface area contributed by atoms with Gasteiger partial charge in [-0.2, -0.15) is 0 Å². The molecule has 0 heterocycles. The Bertz CT molecular complexity index is 2000. The van der Waals surface area contributed by atoms with Crippen molar-refractivity contribution < 1.29 is 57.1 Å². The Hall–Kier alpha value is -6.56. The standard InChI is InChI=1S/C55H66O12/c1-60-46-29-33-50(34-30-46)66-54(58)42-21-25-48(26-22-42)62-37-15-11-7-3-5-9-13-17-39-64-52(56)44-19-20-45(41-44)53(57)65-40-18-14-10-6-4-8-12-16-38-63-49-27-23-43(24-28-49)55(59)67-51-35-31-47(61-2)32-36-51/h19-36H,3-18,37-41H2,1-2H3. The lowest BCUT2D eigenvalue weighted by molar-refractivity contribution is -0.139. The molecular formula is C55H66O12. The maximum absolute atomic E-state index is 12.6. The van der Waals surface area contributed by atoms with Crippen LogP contribution in [0.1, 0.15) is 130 Å². The Balaban J connectivity index is 0.762. The van der Waals surface area contributed by atoms with E-state index in [1.807, 2.05) is 0 Å². The van der Waals surface area contributed by atoms with Crippen LogP contribution in [0.3, 0.4) is 0 Å². The fourth-order valence-electron chi connectivity index (χ4n) is 7.22. The smallest absolute Gasteiger partial charge is 0.343 e. The maximum atomic E-state index is 12.6. The third-order valence-electron chi connectivity index (χ3n) is 11.2. The van der Waals surface area contributed by atoms with Crippen molar-refractivity contribution in [1.29, 1.82) is 0 Å². The third kappa shape index (κ3) is 19.4. The predicted molar refractivity (Wildman–Crippen MR) is 256 cm³/mol. The van der Waals surface area contributed by atoms with Crippen LogP contribution >= 0.6 is 0 Å².